The van der Waals surface area contributed by atoms with Crippen LogP contribution in [0.4, 0.5) is 4.39 Å². The molecule has 0 aliphatic carbocycles. The van der Waals surface area contributed by atoms with Gasteiger partial charge in [0.1, 0.15) is 30.4 Å². The van der Waals surface area contributed by atoms with Gasteiger partial charge in [-0.3, -0.25) is 14.4 Å². The summed E-state index contributed by atoms with van der Waals surface area (Å²) in [5.74, 6) is -2.91. The first-order chi connectivity index (χ1) is 14.0. The van der Waals surface area contributed by atoms with Crippen molar-refractivity contribution in [2.75, 3.05) is 6.61 Å². The first-order valence-corrected chi connectivity index (χ1v) is 10.6. The van der Waals surface area contributed by atoms with Crippen molar-refractivity contribution < 1.29 is 37.7 Å². The van der Waals surface area contributed by atoms with E-state index in [4.69, 9.17) is 42.1 Å². The summed E-state index contributed by atoms with van der Waals surface area (Å²) in [6, 6.07) is 2.73. The highest BCUT2D eigenvalue weighted by molar-refractivity contribution is 7.99. The molecule has 1 aromatic rings. The Morgan fingerprint density at radius 3 is 2.07 bits per heavy atom. The van der Waals surface area contributed by atoms with Crippen molar-refractivity contribution in [3.8, 4) is 0 Å². The van der Waals surface area contributed by atoms with Crippen LogP contribution in [0.1, 0.15) is 27.7 Å². The smallest absolute Gasteiger partial charge is 0.303 e. The van der Waals surface area contributed by atoms with Gasteiger partial charge in [-0.05, 0) is 12.1 Å². The number of esters is 3. The van der Waals surface area contributed by atoms with Crippen LogP contribution < -0.4 is 0 Å². The van der Waals surface area contributed by atoms with Crippen molar-refractivity contribution in [3.05, 3.63) is 28.0 Å². The molecule has 1 saturated heterocycles. The summed E-state index contributed by atoms with van der Waals surface area (Å²) in [4.78, 5) is 35.0. The second-order valence-electron chi connectivity index (χ2n) is 6.67. The van der Waals surface area contributed by atoms with Crippen molar-refractivity contribution >= 4 is 52.9 Å². The lowest BCUT2D eigenvalue weighted by Crippen LogP contribution is -2.56. The van der Waals surface area contributed by atoms with Crippen molar-refractivity contribution in [2.45, 2.75) is 56.3 Å². The number of rotatable bonds is 6. The van der Waals surface area contributed by atoms with E-state index in [0.29, 0.717) is 4.90 Å². The quantitative estimate of drug-likeness (QED) is 0.341. The van der Waals surface area contributed by atoms with Crippen LogP contribution >= 0.6 is 35.0 Å². The lowest BCUT2D eigenvalue weighted by molar-refractivity contribution is -0.212. The van der Waals surface area contributed by atoms with E-state index in [1.165, 1.54) is 32.9 Å². The number of benzene rings is 1. The van der Waals surface area contributed by atoms with E-state index in [2.05, 4.69) is 0 Å². The molecule has 11 heteroatoms. The Hall–Kier alpha value is -1.55. The Bertz CT molecular complexity index is 797. The second-order valence-corrected chi connectivity index (χ2v) is 8.66. The van der Waals surface area contributed by atoms with Crippen LogP contribution in [0.3, 0.4) is 0 Å². The van der Waals surface area contributed by atoms with Gasteiger partial charge in [0.2, 0.25) is 0 Å². The minimum Gasteiger partial charge on any atom is -0.463 e. The molecule has 1 aromatic carbocycles. The fraction of sp³-hybridized carbons (Fsp3) is 0.526. The second kappa shape index (κ2) is 10.7. The molecular weight excluding hydrogens is 462 g/mol. The van der Waals surface area contributed by atoms with Gasteiger partial charge < -0.3 is 18.9 Å². The van der Waals surface area contributed by atoms with Gasteiger partial charge in [0.25, 0.3) is 0 Å². The minimum atomic E-state index is -0.830. The number of hydrogen-bond acceptors (Lipinski definition) is 8. The highest BCUT2D eigenvalue weighted by atomic mass is 35.5. The topological polar surface area (TPSA) is 88.1 Å². The third-order valence-corrected chi connectivity index (χ3v) is 5.91. The summed E-state index contributed by atoms with van der Waals surface area (Å²) in [7, 11) is 0. The number of halogens is 3. The SMILES string of the molecule is CC(=O)OCC1O[C@H](Sc2cc(Cl)c(F)c(Cl)c2)[C@@H](OC(C)=O)C(C)[C@H]1OC(C)=O. The fourth-order valence-corrected chi connectivity index (χ4v) is 4.89. The molecule has 0 saturated carbocycles. The number of carbonyl (C=O) groups is 3. The molecule has 1 aliphatic rings. The van der Waals surface area contributed by atoms with Gasteiger partial charge in [0, 0.05) is 31.6 Å². The zero-order valence-corrected chi connectivity index (χ0v) is 19.0. The molecule has 7 nitrogen and oxygen atoms in total. The summed E-state index contributed by atoms with van der Waals surface area (Å²) in [5, 5.41) is -0.348. The first-order valence-electron chi connectivity index (χ1n) is 8.94. The van der Waals surface area contributed by atoms with E-state index in [-0.39, 0.29) is 16.7 Å². The molecule has 2 unspecified atom stereocenters. The molecule has 0 radical (unpaired) electrons. The average Bonchev–Trinajstić information content (AvgIpc) is 2.63. The van der Waals surface area contributed by atoms with Crippen molar-refractivity contribution in [1.82, 2.24) is 0 Å². The van der Waals surface area contributed by atoms with E-state index in [9.17, 15) is 18.8 Å². The van der Waals surface area contributed by atoms with Crippen LogP contribution in [0.25, 0.3) is 0 Å². The Morgan fingerprint density at radius 1 is 1.03 bits per heavy atom. The normalized spacial score (nSPS) is 26.0. The molecule has 1 fully saturated rings. The lowest BCUT2D eigenvalue weighted by atomic mass is 9.91. The van der Waals surface area contributed by atoms with Crippen molar-refractivity contribution in [2.24, 2.45) is 5.92 Å². The number of hydrogen-bond donors (Lipinski definition) is 0. The van der Waals surface area contributed by atoms with Crippen LogP contribution in [-0.4, -0.2) is 48.3 Å². The Balaban J connectivity index is 2.35. The molecule has 5 atom stereocenters. The zero-order chi connectivity index (χ0) is 22.6. The predicted octanol–water partition coefficient (Wildman–Crippen LogP) is 4.01. The van der Waals surface area contributed by atoms with Crippen molar-refractivity contribution in [1.29, 1.82) is 0 Å². The standard InChI is InChI=1S/C19H21Cl2FO7S/c1-8-17(27-10(3)24)15(7-26-9(2)23)29-19(18(8)28-11(4)25)30-12-5-13(20)16(22)14(21)6-12/h5-6,8,15,17-19H,7H2,1-4H3/t8?,15?,17-,18+,19-/m1/s1. The van der Waals surface area contributed by atoms with E-state index >= 15 is 0 Å². The van der Waals surface area contributed by atoms with Crippen LogP contribution in [-0.2, 0) is 33.3 Å². The van der Waals surface area contributed by atoms with E-state index < -0.39 is 53.4 Å². The predicted molar refractivity (Wildman–Crippen MR) is 108 cm³/mol. The maximum atomic E-state index is 13.7. The van der Waals surface area contributed by atoms with E-state index in [0.717, 1.165) is 11.8 Å². The van der Waals surface area contributed by atoms with Crippen LogP contribution in [0.15, 0.2) is 17.0 Å². The molecule has 1 aliphatic heterocycles. The fourth-order valence-electron chi connectivity index (χ4n) is 2.99. The van der Waals surface area contributed by atoms with Gasteiger partial charge in [-0.25, -0.2) is 4.39 Å². The molecule has 2 rings (SSSR count). The number of carbonyl (C=O) groups excluding carboxylic acids is 3. The van der Waals surface area contributed by atoms with Gasteiger partial charge in [0.05, 0.1) is 10.0 Å². The summed E-state index contributed by atoms with van der Waals surface area (Å²) in [6.07, 6.45) is -2.47. The van der Waals surface area contributed by atoms with Gasteiger partial charge in [-0.15, -0.1) is 0 Å². The van der Waals surface area contributed by atoms with Crippen LogP contribution in [0.2, 0.25) is 10.0 Å². The molecule has 0 amide bonds. The summed E-state index contributed by atoms with van der Waals surface area (Å²) in [6.45, 7) is 5.27. The maximum absolute atomic E-state index is 13.7. The molecule has 30 heavy (non-hydrogen) atoms. The minimum absolute atomic E-state index is 0.174. The monoisotopic (exact) mass is 482 g/mol. The van der Waals surface area contributed by atoms with E-state index in [1.807, 2.05) is 0 Å². The Labute approximate surface area is 187 Å². The molecular formula is C19H21Cl2FO7S. The van der Waals surface area contributed by atoms with Crippen LogP contribution in [0, 0.1) is 11.7 Å². The molecule has 1 heterocycles. The average molecular weight is 483 g/mol. The maximum Gasteiger partial charge on any atom is 0.303 e. The number of ether oxygens (including phenoxy) is 4. The molecule has 0 aromatic heterocycles. The number of thioether (sulfide) groups is 1. The van der Waals surface area contributed by atoms with Crippen LogP contribution in [0.5, 0.6) is 0 Å². The van der Waals surface area contributed by atoms with Gasteiger partial charge in [-0.1, -0.05) is 41.9 Å². The Morgan fingerprint density at radius 2 is 1.57 bits per heavy atom. The molecule has 0 bridgehead atoms. The largest absolute Gasteiger partial charge is 0.463 e. The van der Waals surface area contributed by atoms with Gasteiger partial charge >= 0.3 is 17.9 Å². The third kappa shape index (κ3) is 6.47. The lowest BCUT2D eigenvalue weighted by Gasteiger charge is -2.43. The van der Waals surface area contributed by atoms with E-state index in [1.54, 1.807) is 6.92 Å². The summed E-state index contributed by atoms with van der Waals surface area (Å²) >= 11 is 12.8. The zero-order valence-electron chi connectivity index (χ0n) is 16.6. The Kier molecular flexibility index (Phi) is 8.78. The molecule has 166 valence electrons. The summed E-state index contributed by atoms with van der Waals surface area (Å²) in [5.41, 5.74) is -0.797. The van der Waals surface area contributed by atoms with Gasteiger partial charge in [-0.2, -0.15) is 0 Å². The molecule has 0 N–H and O–H groups in total. The van der Waals surface area contributed by atoms with Crippen molar-refractivity contribution in [3.63, 3.8) is 0 Å². The third-order valence-electron chi connectivity index (χ3n) is 4.24. The highest BCUT2D eigenvalue weighted by Gasteiger charge is 2.48. The highest BCUT2D eigenvalue weighted by Crippen LogP contribution is 2.40. The summed E-state index contributed by atoms with van der Waals surface area (Å²) < 4.78 is 35.6. The first kappa shape index (κ1) is 24.7. The van der Waals surface area contributed by atoms with Gasteiger partial charge in [0.15, 0.2) is 5.82 Å². The molecule has 0 spiro atoms.